The van der Waals surface area contributed by atoms with Gasteiger partial charge in [-0.2, -0.15) is 0 Å². The zero-order valence-corrected chi connectivity index (χ0v) is 14.9. The smallest absolute Gasteiger partial charge is 0.273 e. The van der Waals surface area contributed by atoms with E-state index in [1.165, 1.54) is 0 Å². The molecular weight excluding hydrogens is 332 g/mol. The third-order valence-electron chi connectivity index (χ3n) is 4.01. The number of pyridine rings is 1. The molecule has 0 bridgehead atoms. The van der Waals surface area contributed by atoms with Gasteiger partial charge >= 0.3 is 0 Å². The van der Waals surface area contributed by atoms with Gasteiger partial charge in [0, 0.05) is 38.3 Å². The summed E-state index contributed by atoms with van der Waals surface area (Å²) < 4.78 is 6.62. The molecule has 0 saturated heterocycles. The molecule has 0 aliphatic heterocycles. The number of nitrogens with one attached hydrogen (secondary N) is 2. The van der Waals surface area contributed by atoms with Crippen LogP contribution in [0, 0.1) is 6.92 Å². The van der Waals surface area contributed by atoms with Crippen molar-refractivity contribution < 1.29 is 9.53 Å². The highest BCUT2D eigenvalue weighted by molar-refractivity contribution is 5.93. The maximum absolute atomic E-state index is 12.3. The minimum absolute atomic E-state index is 0.232. The normalized spacial score (nSPS) is 11.0. The van der Waals surface area contributed by atoms with E-state index in [0.717, 1.165) is 23.1 Å². The van der Waals surface area contributed by atoms with Gasteiger partial charge in [0.1, 0.15) is 0 Å². The molecule has 1 aromatic carbocycles. The largest absolute Gasteiger partial charge is 0.383 e. The van der Waals surface area contributed by atoms with Crippen molar-refractivity contribution in [2.45, 2.75) is 6.92 Å². The first-order chi connectivity index (χ1) is 12.7. The van der Waals surface area contributed by atoms with E-state index in [1.54, 1.807) is 18.0 Å². The fourth-order valence-corrected chi connectivity index (χ4v) is 2.63. The fraction of sp³-hybridized carbons (Fsp3) is 0.333. The van der Waals surface area contributed by atoms with E-state index in [2.05, 4.69) is 25.9 Å². The van der Waals surface area contributed by atoms with Crippen molar-refractivity contribution in [1.29, 1.82) is 0 Å². The molecule has 0 spiro atoms. The van der Waals surface area contributed by atoms with E-state index in [1.807, 2.05) is 37.3 Å². The van der Waals surface area contributed by atoms with Gasteiger partial charge in [-0.1, -0.05) is 11.3 Å². The average Bonchev–Trinajstić information content (AvgIpc) is 3.05. The lowest BCUT2D eigenvalue weighted by atomic mass is 10.2. The lowest BCUT2D eigenvalue weighted by Gasteiger charge is -2.07. The first-order valence-electron chi connectivity index (χ1n) is 8.46. The summed E-state index contributed by atoms with van der Waals surface area (Å²) in [7, 11) is 1.65. The standard InChI is InChI=1S/C18H22N6O2/c1-13-17(18(25)21-9-8-19-10-11-26-2)22-23-24(13)15-5-6-16-14(12-15)4-3-7-20-16/h3-7,12,19H,8-11H2,1-2H3,(H,21,25). The van der Waals surface area contributed by atoms with Crippen molar-refractivity contribution in [3.8, 4) is 5.69 Å². The third-order valence-corrected chi connectivity index (χ3v) is 4.01. The Morgan fingerprint density at radius 2 is 2.12 bits per heavy atom. The van der Waals surface area contributed by atoms with Crippen LogP contribution in [-0.2, 0) is 4.74 Å². The molecule has 8 heteroatoms. The van der Waals surface area contributed by atoms with Gasteiger partial charge in [0.05, 0.1) is 23.5 Å². The first kappa shape index (κ1) is 18.0. The number of aromatic nitrogens is 4. The molecule has 0 saturated carbocycles. The highest BCUT2D eigenvalue weighted by atomic mass is 16.5. The zero-order chi connectivity index (χ0) is 18.4. The summed E-state index contributed by atoms with van der Waals surface area (Å²) >= 11 is 0. The van der Waals surface area contributed by atoms with Crippen LogP contribution in [0.15, 0.2) is 36.5 Å². The minimum Gasteiger partial charge on any atom is -0.383 e. The van der Waals surface area contributed by atoms with Gasteiger partial charge in [-0.25, -0.2) is 4.68 Å². The van der Waals surface area contributed by atoms with Gasteiger partial charge < -0.3 is 15.4 Å². The summed E-state index contributed by atoms with van der Waals surface area (Å²) in [5.41, 5.74) is 2.77. The summed E-state index contributed by atoms with van der Waals surface area (Å²) in [5, 5.41) is 15.2. The minimum atomic E-state index is -0.232. The van der Waals surface area contributed by atoms with Crippen LogP contribution in [0.4, 0.5) is 0 Å². The maximum atomic E-state index is 12.3. The van der Waals surface area contributed by atoms with Crippen LogP contribution >= 0.6 is 0 Å². The van der Waals surface area contributed by atoms with E-state index in [0.29, 0.717) is 31.1 Å². The summed E-state index contributed by atoms with van der Waals surface area (Å²) in [6, 6.07) is 9.70. The predicted octanol–water partition coefficient (Wildman–Crippen LogP) is 1.09. The molecule has 3 aromatic rings. The van der Waals surface area contributed by atoms with Crippen molar-refractivity contribution in [3.05, 3.63) is 47.9 Å². The molecule has 2 heterocycles. The van der Waals surface area contributed by atoms with Crippen LogP contribution < -0.4 is 10.6 Å². The molecule has 8 nitrogen and oxygen atoms in total. The number of amides is 1. The summed E-state index contributed by atoms with van der Waals surface area (Å²) in [5.74, 6) is -0.232. The molecule has 1 amide bonds. The monoisotopic (exact) mass is 354 g/mol. The van der Waals surface area contributed by atoms with Gasteiger partial charge in [-0.05, 0) is 31.2 Å². The van der Waals surface area contributed by atoms with E-state index >= 15 is 0 Å². The molecule has 2 N–H and O–H groups in total. The average molecular weight is 354 g/mol. The number of carbonyl (C=O) groups is 1. The Kier molecular flexibility index (Phi) is 5.88. The van der Waals surface area contributed by atoms with Crippen LogP contribution in [0.3, 0.4) is 0 Å². The Labute approximate surface area is 151 Å². The molecule has 0 fully saturated rings. The molecule has 0 aliphatic rings. The molecule has 0 unspecified atom stereocenters. The van der Waals surface area contributed by atoms with Crippen LogP contribution in [0.25, 0.3) is 16.6 Å². The Morgan fingerprint density at radius 1 is 1.23 bits per heavy atom. The van der Waals surface area contributed by atoms with E-state index in [4.69, 9.17) is 4.74 Å². The number of benzene rings is 1. The van der Waals surface area contributed by atoms with Gasteiger partial charge in [0.2, 0.25) is 0 Å². The second kappa shape index (κ2) is 8.50. The number of hydrogen-bond donors (Lipinski definition) is 2. The second-order valence-corrected chi connectivity index (χ2v) is 5.81. The Balaban J connectivity index is 1.67. The van der Waals surface area contributed by atoms with Crippen LogP contribution in [0.1, 0.15) is 16.2 Å². The summed E-state index contributed by atoms with van der Waals surface area (Å²) in [4.78, 5) is 16.6. The lowest BCUT2D eigenvalue weighted by Crippen LogP contribution is -2.33. The number of ether oxygens (including phenoxy) is 1. The Hall–Kier alpha value is -2.84. The first-order valence-corrected chi connectivity index (χ1v) is 8.46. The van der Waals surface area contributed by atoms with Crippen molar-refractivity contribution in [3.63, 3.8) is 0 Å². The second-order valence-electron chi connectivity index (χ2n) is 5.81. The Bertz CT molecular complexity index is 892. The Morgan fingerprint density at radius 3 is 2.96 bits per heavy atom. The maximum Gasteiger partial charge on any atom is 0.273 e. The summed E-state index contributed by atoms with van der Waals surface area (Å²) in [6.45, 7) is 4.40. The molecular formula is C18H22N6O2. The molecule has 136 valence electrons. The highest BCUT2D eigenvalue weighted by Gasteiger charge is 2.17. The van der Waals surface area contributed by atoms with Crippen molar-refractivity contribution in [2.24, 2.45) is 0 Å². The number of methoxy groups -OCH3 is 1. The summed E-state index contributed by atoms with van der Waals surface area (Å²) in [6.07, 6.45) is 1.76. The molecule has 0 atom stereocenters. The number of rotatable bonds is 8. The molecule has 3 rings (SSSR count). The number of carbonyl (C=O) groups excluding carboxylic acids is 1. The molecule has 0 aliphatic carbocycles. The predicted molar refractivity (Wildman–Crippen MR) is 98.5 cm³/mol. The van der Waals surface area contributed by atoms with Crippen molar-refractivity contribution >= 4 is 16.8 Å². The topological polar surface area (TPSA) is 94.0 Å². The van der Waals surface area contributed by atoms with Crippen LogP contribution in [-0.4, -0.2) is 59.2 Å². The van der Waals surface area contributed by atoms with Gasteiger partial charge in [0.15, 0.2) is 5.69 Å². The van der Waals surface area contributed by atoms with E-state index in [9.17, 15) is 4.79 Å². The van der Waals surface area contributed by atoms with E-state index in [-0.39, 0.29) is 5.91 Å². The molecule has 0 radical (unpaired) electrons. The molecule has 26 heavy (non-hydrogen) atoms. The number of fused-ring (bicyclic) bond motifs is 1. The van der Waals surface area contributed by atoms with Crippen molar-refractivity contribution in [2.75, 3.05) is 33.4 Å². The van der Waals surface area contributed by atoms with Gasteiger partial charge in [0.25, 0.3) is 5.91 Å². The van der Waals surface area contributed by atoms with Gasteiger partial charge in [-0.15, -0.1) is 5.10 Å². The SMILES string of the molecule is COCCNCCNC(=O)c1nnn(-c2ccc3ncccc3c2)c1C. The fourth-order valence-electron chi connectivity index (χ4n) is 2.63. The number of hydrogen-bond acceptors (Lipinski definition) is 6. The van der Waals surface area contributed by atoms with Crippen LogP contribution in [0.2, 0.25) is 0 Å². The van der Waals surface area contributed by atoms with Crippen LogP contribution in [0.5, 0.6) is 0 Å². The number of nitrogens with zero attached hydrogens (tertiary/aromatic N) is 4. The lowest BCUT2D eigenvalue weighted by molar-refractivity contribution is 0.0948. The quantitative estimate of drug-likeness (QED) is 0.588. The van der Waals surface area contributed by atoms with Crippen molar-refractivity contribution in [1.82, 2.24) is 30.6 Å². The van der Waals surface area contributed by atoms with E-state index < -0.39 is 0 Å². The zero-order valence-electron chi connectivity index (χ0n) is 14.9. The van der Waals surface area contributed by atoms with Gasteiger partial charge in [-0.3, -0.25) is 9.78 Å². The molecule has 2 aromatic heterocycles. The highest BCUT2D eigenvalue weighted by Crippen LogP contribution is 2.18. The third kappa shape index (κ3) is 4.04.